The van der Waals surface area contributed by atoms with E-state index in [1.807, 2.05) is 73.0 Å². The standard InChI is InChI=1S/C22H22N4O2/c1-4-24-21(27)19-20(26(22(24)28)18-12-8-9-15(2)13-18)23-14-25(19)16(3)17-10-6-5-7-11-17/h5-14,16H,4H2,1-3H3. The molecule has 4 rings (SSSR count). The van der Waals surface area contributed by atoms with Crippen LogP contribution >= 0.6 is 0 Å². The maximum Gasteiger partial charge on any atom is 0.337 e. The first-order chi connectivity index (χ1) is 13.5. The zero-order valence-corrected chi connectivity index (χ0v) is 16.2. The maximum atomic E-state index is 13.1. The number of hydrogen-bond acceptors (Lipinski definition) is 3. The Kier molecular flexibility index (Phi) is 4.47. The fourth-order valence-corrected chi connectivity index (χ4v) is 3.61. The van der Waals surface area contributed by atoms with Crippen LogP contribution in [0.5, 0.6) is 0 Å². The zero-order valence-electron chi connectivity index (χ0n) is 16.2. The molecule has 6 nitrogen and oxygen atoms in total. The van der Waals surface area contributed by atoms with Gasteiger partial charge >= 0.3 is 5.69 Å². The highest BCUT2D eigenvalue weighted by Gasteiger charge is 2.21. The van der Waals surface area contributed by atoms with Crippen LogP contribution in [0.1, 0.15) is 31.0 Å². The Bertz CT molecular complexity index is 1270. The molecule has 0 amide bonds. The Morgan fingerprint density at radius 3 is 2.46 bits per heavy atom. The third-order valence-corrected chi connectivity index (χ3v) is 5.13. The summed E-state index contributed by atoms with van der Waals surface area (Å²) in [4.78, 5) is 30.7. The van der Waals surface area contributed by atoms with Crippen molar-refractivity contribution >= 4 is 11.2 Å². The number of hydrogen-bond donors (Lipinski definition) is 0. The lowest BCUT2D eigenvalue weighted by Gasteiger charge is -2.16. The highest BCUT2D eigenvalue weighted by Crippen LogP contribution is 2.22. The van der Waals surface area contributed by atoms with Gasteiger partial charge in [-0.3, -0.25) is 9.36 Å². The van der Waals surface area contributed by atoms with Gasteiger partial charge in [0.05, 0.1) is 18.1 Å². The molecule has 0 fully saturated rings. The van der Waals surface area contributed by atoms with Crippen LogP contribution in [0.25, 0.3) is 16.9 Å². The van der Waals surface area contributed by atoms with Crippen molar-refractivity contribution in [3.8, 4) is 5.69 Å². The van der Waals surface area contributed by atoms with Gasteiger partial charge in [0.25, 0.3) is 5.56 Å². The van der Waals surface area contributed by atoms with Crippen LogP contribution in [0.15, 0.2) is 70.5 Å². The number of fused-ring (bicyclic) bond motifs is 1. The van der Waals surface area contributed by atoms with E-state index in [9.17, 15) is 9.59 Å². The van der Waals surface area contributed by atoms with Crippen molar-refractivity contribution in [2.75, 3.05) is 0 Å². The van der Waals surface area contributed by atoms with Crippen LogP contribution in [0, 0.1) is 6.92 Å². The minimum absolute atomic E-state index is 0.0901. The Balaban J connectivity index is 2.06. The van der Waals surface area contributed by atoms with Crippen molar-refractivity contribution < 1.29 is 0 Å². The Hall–Kier alpha value is -3.41. The van der Waals surface area contributed by atoms with Gasteiger partial charge in [-0.1, -0.05) is 42.5 Å². The quantitative estimate of drug-likeness (QED) is 0.551. The van der Waals surface area contributed by atoms with E-state index in [0.29, 0.717) is 23.4 Å². The second-order valence-corrected chi connectivity index (χ2v) is 6.92. The summed E-state index contributed by atoms with van der Waals surface area (Å²) in [6.45, 7) is 6.09. The third-order valence-electron chi connectivity index (χ3n) is 5.13. The summed E-state index contributed by atoms with van der Waals surface area (Å²) >= 11 is 0. The first-order valence-corrected chi connectivity index (χ1v) is 9.37. The van der Waals surface area contributed by atoms with Crippen molar-refractivity contribution in [1.29, 1.82) is 0 Å². The lowest BCUT2D eigenvalue weighted by atomic mass is 10.1. The van der Waals surface area contributed by atoms with Gasteiger partial charge in [0.15, 0.2) is 11.2 Å². The Morgan fingerprint density at radius 1 is 1.04 bits per heavy atom. The molecule has 2 aromatic heterocycles. The minimum atomic E-state index is -0.372. The molecule has 4 aromatic rings. The molecule has 0 radical (unpaired) electrons. The largest absolute Gasteiger partial charge is 0.337 e. The van der Waals surface area contributed by atoms with Crippen LogP contribution < -0.4 is 11.2 Å². The summed E-state index contributed by atoms with van der Waals surface area (Å²) in [7, 11) is 0. The molecule has 0 aliphatic carbocycles. The van der Waals surface area contributed by atoms with Gasteiger partial charge in [-0.25, -0.2) is 14.3 Å². The predicted octanol–water partition coefficient (Wildman–Crippen LogP) is 3.29. The number of benzene rings is 2. The summed E-state index contributed by atoms with van der Waals surface area (Å²) in [5.41, 5.74) is 2.93. The molecule has 0 saturated heterocycles. The number of aryl methyl sites for hydroxylation is 1. The average Bonchev–Trinajstić information content (AvgIpc) is 3.13. The molecule has 0 saturated carbocycles. The molecule has 1 atom stereocenters. The van der Waals surface area contributed by atoms with E-state index < -0.39 is 0 Å². The van der Waals surface area contributed by atoms with E-state index in [1.54, 1.807) is 13.3 Å². The molecule has 0 N–H and O–H groups in total. The van der Waals surface area contributed by atoms with Gasteiger partial charge in [-0.05, 0) is 44.0 Å². The first-order valence-electron chi connectivity index (χ1n) is 9.37. The molecule has 0 aliphatic rings. The summed E-state index contributed by atoms with van der Waals surface area (Å²) in [5, 5.41) is 0. The van der Waals surface area contributed by atoms with Crippen LogP contribution in [0.2, 0.25) is 0 Å². The highest BCUT2D eigenvalue weighted by molar-refractivity contribution is 5.73. The van der Waals surface area contributed by atoms with E-state index in [2.05, 4.69) is 4.98 Å². The van der Waals surface area contributed by atoms with Gasteiger partial charge in [0, 0.05) is 6.54 Å². The molecule has 0 spiro atoms. The Morgan fingerprint density at radius 2 is 1.79 bits per heavy atom. The zero-order chi connectivity index (χ0) is 19.8. The fraction of sp³-hybridized carbons (Fsp3) is 0.227. The third kappa shape index (κ3) is 2.78. The molecule has 0 aliphatic heterocycles. The minimum Gasteiger partial charge on any atom is -0.317 e. The lowest BCUT2D eigenvalue weighted by Crippen LogP contribution is -2.39. The number of aromatic nitrogens is 4. The van der Waals surface area contributed by atoms with Crippen LogP contribution in [-0.4, -0.2) is 18.7 Å². The molecule has 6 heteroatoms. The van der Waals surface area contributed by atoms with Crippen molar-refractivity contribution in [2.45, 2.75) is 33.4 Å². The van der Waals surface area contributed by atoms with Gasteiger partial charge in [-0.15, -0.1) is 0 Å². The topological polar surface area (TPSA) is 61.8 Å². The molecular formula is C22H22N4O2. The number of imidazole rings is 1. The SMILES string of the molecule is CCn1c(=O)c2c(ncn2C(C)c2ccccc2)n(-c2cccc(C)c2)c1=O. The van der Waals surface area contributed by atoms with E-state index in [-0.39, 0.29) is 17.3 Å². The van der Waals surface area contributed by atoms with Crippen LogP contribution in [0.4, 0.5) is 0 Å². The van der Waals surface area contributed by atoms with E-state index in [4.69, 9.17) is 0 Å². The molecule has 142 valence electrons. The fourth-order valence-electron chi connectivity index (χ4n) is 3.61. The van der Waals surface area contributed by atoms with Gasteiger partial charge < -0.3 is 4.57 Å². The molecule has 2 heterocycles. The maximum absolute atomic E-state index is 13.1. The van der Waals surface area contributed by atoms with Crippen LogP contribution in [0.3, 0.4) is 0 Å². The first kappa shape index (κ1) is 18.0. The van der Waals surface area contributed by atoms with Gasteiger partial charge in [-0.2, -0.15) is 0 Å². The monoisotopic (exact) mass is 374 g/mol. The summed E-state index contributed by atoms with van der Waals surface area (Å²) in [6, 6.07) is 17.5. The van der Waals surface area contributed by atoms with E-state index >= 15 is 0 Å². The summed E-state index contributed by atoms with van der Waals surface area (Å²) < 4.78 is 4.65. The normalized spacial score (nSPS) is 12.4. The molecule has 2 aromatic carbocycles. The Labute approximate surface area is 162 Å². The number of rotatable bonds is 4. The average molecular weight is 374 g/mol. The predicted molar refractivity (Wildman–Crippen MR) is 110 cm³/mol. The van der Waals surface area contributed by atoms with E-state index in [0.717, 1.165) is 11.1 Å². The van der Waals surface area contributed by atoms with Crippen molar-refractivity contribution in [3.63, 3.8) is 0 Å². The van der Waals surface area contributed by atoms with Gasteiger partial charge in [0.2, 0.25) is 0 Å². The summed E-state index contributed by atoms with van der Waals surface area (Å²) in [5.74, 6) is 0. The summed E-state index contributed by atoms with van der Waals surface area (Å²) in [6.07, 6.45) is 1.65. The second kappa shape index (κ2) is 6.96. The van der Waals surface area contributed by atoms with Crippen molar-refractivity contribution in [2.24, 2.45) is 0 Å². The smallest absolute Gasteiger partial charge is 0.317 e. The van der Waals surface area contributed by atoms with Gasteiger partial charge in [0.1, 0.15) is 0 Å². The highest BCUT2D eigenvalue weighted by atomic mass is 16.2. The lowest BCUT2D eigenvalue weighted by molar-refractivity contribution is 0.631. The molecule has 28 heavy (non-hydrogen) atoms. The van der Waals surface area contributed by atoms with Crippen molar-refractivity contribution in [1.82, 2.24) is 18.7 Å². The van der Waals surface area contributed by atoms with E-state index in [1.165, 1.54) is 9.13 Å². The molecular weight excluding hydrogens is 352 g/mol. The van der Waals surface area contributed by atoms with Crippen molar-refractivity contribution in [3.05, 3.63) is 92.9 Å². The molecule has 0 bridgehead atoms. The number of nitrogens with zero attached hydrogens (tertiary/aromatic N) is 4. The second-order valence-electron chi connectivity index (χ2n) is 6.92. The molecule has 1 unspecified atom stereocenters. The van der Waals surface area contributed by atoms with Crippen LogP contribution in [-0.2, 0) is 6.54 Å².